The third-order valence-corrected chi connectivity index (χ3v) is 4.46. The lowest BCUT2D eigenvalue weighted by Crippen LogP contribution is -2.28. The third kappa shape index (κ3) is 2.88. The predicted octanol–water partition coefficient (Wildman–Crippen LogP) is 3.14. The summed E-state index contributed by atoms with van der Waals surface area (Å²) in [4.78, 5) is 15.8. The van der Waals surface area contributed by atoms with Crippen LogP contribution < -0.4 is 5.32 Å². The van der Waals surface area contributed by atoms with Crippen LogP contribution in [0.5, 0.6) is 0 Å². The SMILES string of the molecule is Cc1cc(F)cc2[nH]c(C(=O)NCC(O)c3cccs3)cc12. The van der Waals surface area contributed by atoms with Gasteiger partial charge in [-0.2, -0.15) is 0 Å². The van der Waals surface area contributed by atoms with Gasteiger partial charge in [-0.15, -0.1) is 11.3 Å². The van der Waals surface area contributed by atoms with Crippen molar-refractivity contribution in [2.45, 2.75) is 13.0 Å². The van der Waals surface area contributed by atoms with E-state index in [2.05, 4.69) is 10.3 Å². The number of amides is 1. The Bertz CT molecular complexity index is 811. The van der Waals surface area contributed by atoms with Crippen LogP contribution in [0, 0.1) is 12.7 Å². The minimum Gasteiger partial charge on any atom is -0.386 e. The Balaban J connectivity index is 1.74. The van der Waals surface area contributed by atoms with Gasteiger partial charge in [-0.1, -0.05) is 6.07 Å². The Kier molecular flexibility index (Phi) is 3.96. The zero-order valence-corrected chi connectivity index (χ0v) is 12.7. The quantitative estimate of drug-likeness (QED) is 0.692. The molecule has 0 aliphatic carbocycles. The molecular weight excluding hydrogens is 303 g/mol. The number of hydrogen-bond donors (Lipinski definition) is 3. The molecular formula is C16H15FN2O2S. The summed E-state index contributed by atoms with van der Waals surface area (Å²) in [6, 6.07) is 8.14. The van der Waals surface area contributed by atoms with E-state index in [1.807, 2.05) is 17.5 Å². The van der Waals surface area contributed by atoms with Crippen LogP contribution in [0.15, 0.2) is 35.7 Å². The molecule has 0 saturated carbocycles. The van der Waals surface area contributed by atoms with Crippen molar-refractivity contribution in [2.24, 2.45) is 0 Å². The molecule has 114 valence electrons. The average Bonchev–Trinajstić information content (AvgIpc) is 3.13. The first-order valence-corrected chi connectivity index (χ1v) is 7.71. The maximum atomic E-state index is 13.4. The Labute approximate surface area is 130 Å². The second-order valence-corrected chi connectivity index (χ2v) is 6.09. The second-order valence-electron chi connectivity index (χ2n) is 5.11. The van der Waals surface area contributed by atoms with Crippen molar-refractivity contribution in [1.82, 2.24) is 10.3 Å². The molecule has 0 saturated heterocycles. The van der Waals surface area contributed by atoms with E-state index in [0.29, 0.717) is 11.2 Å². The van der Waals surface area contributed by atoms with Crippen LogP contribution in [-0.2, 0) is 0 Å². The van der Waals surface area contributed by atoms with Crippen LogP contribution in [0.3, 0.4) is 0 Å². The molecule has 0 radical (unpaired) electrons. The zero-order valence-electron chi connectivity index (χ0n) is 11.9. The highest BCUT2D eigenvalue weighted by atomic mass is 32.1. The number of aliphatic hydroxyl groups excluding tert-OH is 1. The lowest BCUT2D eigenvalue weighted by atomic mass is 10.1. The maximum absolute atomic E-state index is 13.4. The van der Waals surface area contributed by atoms with Gasteiger partial charge in [0.15, 0.2) is 0 Å². The number of thiophene rings is 1. The number of aromatic amines is 1. The van der Waals surface area contributed by atoms with Crippen molar-refractivity contribution < 1.29 is 14.3 Å². The summed E-state index contributed by atoms with van der Waals surface area (Å²) in [5, 5.41) is 15.3. The number of aromatic nitrogens is 1. The van der Waals surface area contributed by atoms with Gasteiger partial charge in [0, 0.05) is 22.3 Å². The van der Waals surface area contributed by atoms with Gasteiger partial charge in [0.1, 0.15) is 17.6 Å². The molecule has 1 amide bonds. The summed E-state index contributed by atoms with van der Waals surface area (Å²) in [6.45, 7) is 1.92. The molecule has 2 aromatic heterocycles. The molecule has 1 unspecified atom stereocenters. The molecule has 0 bridgehead atoms. The zero-order chi connectivity index (χ0) is 15.7. The van der Waals surface area contributed by atoms with E-state index in [-0.39, 0.29) is 18.3 Å². The van der Waals surface area contributed by atoms with E-state index in [4.69, 9.17) is 0 Å². The van der Waals surface area contributed by atoms with Crippen molar-refractivity contribution in [3.63, 3.8) is 0 Å². The Morgan fingerprint density at radius 2 is 2.27 bits per heavy atom. The first-order chi connectivity index (χ1) is 10.5. The van der Waals surface area contributed by atoms with Crippen LogP contribution in [0.25, 0.3) is 10.9 Å². The summed E-state index contributed by atoms with van der Waals surface area (Å²) in [5.41, 5.74) is 1.70. The van der Waals surface area contributed by atoms with Gasteiger partial charge in [0.05, 0.1) is 0 Å². The molecule has 4 nitrogen and oxygen atoms in total. The van der Waals surface area contributed by atoms with Gasteiger partial charge < -0.3 is 15.4 Å². The van der Waals surface area contributed by atoms with E-state index in [0.717, 1.165) is 15.8 Å². The molecule has 3 N–H and O–H groups in total. The minimum absolute atomic E-state index is 0.127. The number of halogens is 1. The Morgan fingerprint density at radius 1 is 1.45 bits per heavy atom. The van der Waals surface area contributed by atoms with E-state index in [9.17, 15) is 14.3 Å². The molecule has 3 aromatic rings. The van der Waals surface area contributed by atoms with Crippen LogP contribution in [-0.4, -0.2) is 22.5 Å². The van der Waals surface area contributed by atoms with Gasteiger partial charge in [0.2, 0.25) is 0 Å². The molecule has 22 heavy (non-hydrogen) atoms. The third-order valence-electron chi connectivity index (χ3n) is 3.48. The average molecular weight is 318 g/mol. The topological polar surface area (TPSA) is 65.1 Å². The highest BCUT2D eigenvalue weighted by molar-refractivity contribution is 7.10. The molecule has 3 rings (SSSR count). The summed E-state index contributed by atoms with van der Waals surface area (Å²) in [6.07, 6.45) is -0.729. The fourth-order valence-corrected chi connectivity index (χ4v) is 3.08. The van der Waals surface area contributed by atoms with Crippen molar-refractivity contribution in [2.75, 3.05) is 6.54 Å². The molecule has 1 aromatic carbocycles. The van der Waals surface area contributed by atoms with Crippen LogP contribution >= 0.6 is 11.3 Å². The highest BCUT2D eigenvalue weighted by Crippen LogP contribution is 2.21. The number of rotatable bonds is 4. The van der Waals surface area contributed by atoms with Crippen molar-refractivity contribution in [3.05, 3.63) is 57.7 Å². The number of aliphatic hydroxyl groups is 1. The van der Waals surface area contributed by atoms with Crippen LogP contribution in [0.4, 0.5) is 4.39 Å². The standard InChI is InChI=1S/C16H15FN2O2S/c1-9-5-10(17)6-12-11(9)7-13(19-12)16(21)18-8-14(20)15-3-2-4-22-15/h2-7,14,19-20H,8H2,1H3,(H,18,21). The number of H-pyrrole nitrogens is 1. The number of carbonyl (C=O) groups excluding carboxylic acids is 1. The van der Waals surface area contributed by atoms with E-state index in [1.165, 1.54) is 23.5 Å². The lowest BCUT2D eigenvalue weighted by Gasteiger charge is -2.09. The molecule has 0 spiro atoms. The van der Waals surface area contributed by atoms with Crippen molar-refractivity contribution >= 4 is 28.1 Å². The lowest BCUT2D eigenvalue weighted by molar-refractivity contribution is 0.0914. The number of benzene rings is 1. The summed E-state index contributed by atoms with van der Waals surface area (Å²) < 4.78 is 13.4. The van der Waals surface area contributed by atoms with E-state index >= 15 is 0 Å². The molecule has 0 fully saturated rings. The van der Waals surface area contributed by atoms with Gasteiger partial charge in [-0.25, -0.2) is 4.39 Å². The summed E-state index contributed by atoms with van der Waals surface area (Å²) in [7, 11) is 0. The fraction of sp³-hybridized carbons (Fsp3) is 0.188. The van der Waals surface area contributed by atoms with Crippen molar-refractivity contribution in [3.8, 4) is 0 Å². The van der Waals surface area contributed by atoms with Gasteiger partial charge >= 0.3 is 0 Å². The summed E-state index contributed by atoms with van der Waals surface area (Å²) in [5.74, 6) is -0.668. The number of nitrogens with one attached hydrogen (secondary N) is 2. The number of carbonyl (C=O) groups is 1. The van der Waals surface area contributed by atoms with Gasteiger partial charge in [-0.05, 0) is 42.1 Å². The van der Waals surface area contributed by atoms with E-state index < -0.39 is 6.10 Å². The highest BCUT2D eigenvalue weighted by Gasteiger charge is 2.14. The normalized spacial score (nSPS) is 12.5. The first kappa shape index (κ1) is 14.7. The monoisotopic (exact) mass is 318 g/mol. The minimum atomic E-state index is -0.729. The molecule has 0 aliphatic heterocycles. The maximum Gasteiger partial charge on any atom is 0.267 e. The van der Waals surface area contributed by atoms with E-state index in [1.54, 1.807) is 13.0 Å². The fourth-order valence-electron chi connectivity index (χ4n) is 2.36. The molecule has 0 aliphatic rings. The van der Waals surface area contributed by atoms with Crippen molar-refractivity contribution in [1.29, 1.82) is 0 Å². The van der Waals surface area contributed by atoms with Gasteiger partial charge in [0.25, 0.3) is 5.91 Å². The number of fused-ring (bicyclic) bond motifs is 1. The molecule has 2 heterocycles. The molecule has 6 heteroatoms. The summed E-state index contributed by atoms with van der Waals surface area (Å²) >= 11 is 1.44. The Morgan fingerprint density at radius 3 is 3.00 bits per heavy atom. The first-order valence-electron chi connectivity index (χ1n) is 6.83. The Hall–Kier alpha value is -2.18. The van der Waals surface area contributed by atoms with Gasteiger partial charge in [-0.3, -0.25) is 4.79 Å². The second kappa shape index (κ2) is 5.90. The van der Waals surface area contributed by atoms with Crippen LogP contribution in [0.1, 0.15) is 27.0 Å². The smallest absolute Gasteiger partial charge is 0.267 e. The number of hydrogen-bond acceptors (Lipinski definition) is 3. The number of aryl methyl sites for hydroxylation is 1. The van der Waals surface area contributed by atoms with Crippen LogP contribution in [0.2, 0.25) is 0 Å². The molecule has 1 atom stereocenters. The predicted molar refractivity (Wildman–Crippen MR) is 84.6 cm³/mol. The largest absolute Gasteiger partial charge is 0.386 e.